The molecule has 1 aliphatic rings. The van der Waals surface area contributed by atoms with E-state index in [1.54, 1.807) is 0 Å². The fourth-order valence-corrected chi connectivity index (χ4v) is 5.75. The molecule has 0 spiro atoms. The van der Waals surface area contributed by atoms with Crippen molar-refractivity contribution in [1.82, 2.24) is 34.7 Å². The molecule has 1 aliphatic carbocycles. The highest BCUT2D eigenvalue weighted by Crippen LogP contribution is 2.41. The standard InChI is InChI=1S/C28H35N7O/c1-4-6-10-25-18-35(26-19(3)11-12-20(26)5-2)28(36)34(25)17-24-16-22(13-14-29-24)21-8-7-9-23(15-21)27-30-32-33-31-27/h7-9,13-16,18-20,26H,4-6,10-12,17H2,1-3H3,(H,30,31,32,33). The average Bonchev–Trinajstić information content (AvgIpc) is 3.64. The van der Waals surface area contributed by atoms with Crippen LogP contribution in [0.2, 0.25) is 0 Å². The van der Waals surface area contributed by atoms with Gasteiger partial charge in [0.1, 0.15) is 0 Å². The zero-order valence-corrected chi connectivity index (χ0v) is 21.4. The first-order valence-corrected chi connectivity index (χ1v) is 13.2. The van der Waals surface area contributed by atoms with Gasteiger partial charge < -0.3 is 0 Å². The number of imidazole rings is 1. The van der Waals surface area contributed by atoms with E-state index in [1.807, 2.05) is 29.0 Å². The molecule has 0 bridgehead atoms. The summed E-state index contributed by atoms with van der Waals surface area (Å²) in [6.07, 6.45) is 10.6. The zero-order chi connectivity index (χ0) is 25.1. The van der Waals surface area contributed by atoms with E-state index in [4.69, 9.17) is 0 Å². The Balaban J connectivity index is 1.47. The second-order valence-electron chi connectivity index (χ2n) is 10.1. The summed E-state index contributed by atoms with van der Waals surface area (Å²) in [5.74, 6) is 1.72. The lowest BCUT2D eigenvalue weighted by Gasteiger charge is -2.22. The summed E-state index contributed by atoms with van der Waals surface area (Å²) in [5.41, 5.74) is 5.11. The molecule has 3 heterocycles. The number of tetrazole rings is 1. The molecule has 0 saturated heterocycles. The van der Waals surface area contributed by atoms with Crippen molar-refractivity contribution in [3.63, 3.8) is 0 Å². The number of benzene rings is 1. The first kappa shape index (κ1) is 24.2. The molecule has 4 aromatic rings. The number of aromatic amines is 1. The molecule has 3 aromatic heterocycles. The molecule has 8 heteroatoms. The summed E-state index contributed by atoms with van der Waals surface area (Å²) in [6, 6.07) is 12.5. The number of pyridine rings is 1. The van der Waals surface area contributed by atoms with Crippen LogP contribution in [0.1, 0.15) is 70.3 Å². The third kappa shape index (κ3) is 4.76. The lowest BCUT2D eigenvalue weighted by Crippen LogP contribution is -2.31. The summed E-state index contributed by atoms with van der Waals surface area (Å²) in [6.45, 7) is 7.21. The lowest BCUT2D eigenvalue weighted by molar-refractivity contribution is 0.307. The van der Waals surface area contributed by atoms with Crippen LogP contribution >= 0.6 is 0 Å². The van der Waals surface area contributed by atoms with Gasteiger partial charge in [-0.2, -0.15) is 0 Å². The molecule has 8 nitrogen and oxygen atoms in total. The predicted octanol–water partition coefficient (Wildman–Crippen LogP) is 5.28. The second kappa shape index (κ2) is 10.6. The van der Waals surface area contributed by atoms with E-state index in [0.29, 0.717) is 24.2 Å². The molecule has 0 radical (unpaired) electrons. The van der Waals surface area contributed by atoms with E-state index in [0.717, 1.165) is 53.8 Å². The maximum atomic E-state index is 13.8. The number of nitrogens with zero attached hydrogens (tertiary/aromatic N) is 6. The van der Waals surface area contributed by atoms with Gasteiger partial charge in [0, 0.05) is 29.7 Å². The summed E-state index contributed by atoms with van der Waals surface area (Å²) in [7, 11) is 0. The SMILES string of the molecule is CCCCc1cn(C2C(C)CCC2CC)c(=O)n1Cc1cc(-c2cccc(-c3nnn[nH]3)c2)ccn1. The Morgan fingerprint density at radius 1 is 1.08 bits per heavy atom. The van der Waals surface area contributed by atoms with Crippen molar-refractivity contribution in [2.75, 3.05) is 0 Å². The summed E-state index contributed by atoms with van der Waals surface area (Å²) in [4.78, 5) is 18.4. The monoisotopic (exact) mass is 485 g/mol. The minimum absolute atomic E-state index is 0.102. The molecule has 1 saturated carbocycles. The minimum atomic E-state index is 0.102. The van der Waals surface area contributed by atoms with E-state index in [-0.39, 0.29) is 11.7 Å². The molecule has 0 amide bonds. The van der Waals surface area contributed by atoms with Gasteiger partial charge in [0.15, 0.2) is 5.82 Å². The lowest BCUT2D eigenvalue weighted by atomic mass is 9.96. The van der Waals surface area contributed by atoms with E-state index in [1.165, 1.54) is 12.8 Å². The third-order valence-electron chi connectivity index (χ3n) is 7.73. The largest absolute Gasteiger partial charge is 0.328 e. The molecule has 1 N–H and O–H groups in total. The smallest absolute Gasteiger partial charge is 0.295 e. The van der Waals surface area contributed by atoms with Crippen molar-refractivity contribution in [1.29, 1.82) is 0 Å². The number of unbranched alkanes of at least 4 members (excludes halogenated alkanes) is 1. The van der Waals surface area contributed by atoms with Gasteiger partial charge >= 0.3 is 5.69 Å². The highest BCUT2D eigenvalue weighted by Gasteiger charge is 2.35. The number of hydrogen-bond donors (Lipinski definition) is 1. The van der Waals surface area contributed by atoms with Gasteiger partial charge in [-0.25, -0.2) is 9.89 Å². The first-order chi connectivity index (χ1) is 17.6. The van der Waals surface area contributed by atoms with Gasteiger partial charge in [-0.15, -0.1) is 5.10 Å². The summed E-state index contributed by atoms with van der Waals surface area (Å²) in [5, 5.41) is 14.2. The average molecular weight is 486 g/mol. The van der Waals surface area contributed by atoms with Gasteiger partial charge in [-0.05, 0) is 77.3 Å². The van der Waals surface area contributed by atoms with Crippen LogP contribution in [0, 0.1) is 11.8 Å². The molecule has 3 unspecified atom stereocenters. The van der Waals surface area contributed by atoms with Crippen LogP contribution in [-0.4, -0.2) is 34.7 Å². The summed E-state index contributed by atoms with van der Waals surface area (Å²) >= 11 is 0. The molecule has 0 aliphatic heterocycles. The van der Waals surface area contributed by atoms with Crippen LogP contribution in [0.15, 0.2) is 53.6 Å². The third-order valence-corrected chi connectivity index (χ3v) is 7.73. The highest BCUT2D eigenvalue weighted by molar-refractivity contribution is 5.70. The molecule has 188 valence electrons. The second-order valence-corrected chi connectivity index (χ2v) is 10.1. The molecule has 3 atom stereocenters. The van der Waals surface area contributed by atoms with Crippen molar-refractivity contribution in [2.24, 2.45) is 11.8 Å². The Morgan fingerprint density at radius 3 is 2.69 bits per heavy atom. The molecule has 1 aromatic carbocycles. The van der Waals surface area contributed by atoms with Crippen LogP contribution in [0.3, 0.4) is 0 Å². The Kier molecular flexibility index (Phi) is 7.11. The molecular weight excluding hydrogens is 450 g/mol. The maximum absolute atomic E-state index is 13.8. The van der Waals surface area contributed by atoms with Gasteiger partial charge in [0.25, 0.3) is 0 Å². The molecule has 1 fully saturated rings. The van der Waals surface area contributed by atoms with Crippen LogP contribution in [0.5, 0.6) is 0 Å². The maximum Gasteiger partial charge on any atom is 0.328 e. The molecule has 5 rings (SSSR count). The minimum Gasteiger partial charge on any atom is -0.295 e. The topological polar surface area (TPSA) is 94.3 Å². The van der Waals surface area contributed by atoms with Gasteiger partial charge in [0.2, 0.25) is 0 Å². The zero-order valence-electron chi connectivity index (χ0n) is 21.4. The fraction of sp³-hybridized carbons (Fsp3) is 0.464. The Morgan fingerprint density at radius 2 is 1.92 bits per heavy atom. The fourth-order valence-electron chi connectivity index (χ4n) is 5.75. The van der Waals surface area contributed by atoms with Crippen molar-refractivity contribution in [3.05, 3.63) is 70.7 Å². The van der Waals surface area contributed by atoms with Crippen molar-refractivity contribution in [2.45, 2.75) is 71.9 Å². The quantitative estimate of drug-likeness (QED) is 0.348. The molecular formula is C28H35N7O. The number of nitrogens with one attached hydrogen (secondary N) is 1. The molecule has 36 heavy (non-hydrogen) atoms. The Bertz CT molecular complexity index is 1350. The first-order valence-electron chi connectivity index (χ1n) is 13.2. The number of aromatic nitrogens is 7. The van der Waals surface area contributed by atoms with E-state index in [9.17, 15) is 4.79 Å². The van der Waals surface area contributed by atoms with Crippen LogP contribution in [0.4, 0.5) is 0 Å². The van der Waals surface area contributed by atoms with Gasteiger partial charge in [-0.3, -0.25) is 14.1 Å². The van der Waals surface area contributed by atoms with Crippen LogP contribution in [-0.2, 0) is 13.0 Å². The van der Waals surface area contributed by atoms with Gasteiger partial charge in [-0.1, -0.05) is 51.8 Å². The van der Waals surface area contributed by atoms with E-state index >= 15 is 0 Å². The van der Waals surface area contributed by atoms with Crippen molar-refractivity contribution >= 4 is 0 Å². The van der Waals surface area contributed by atoms with Gasteiger partial charge in [0.05, 0.1) is 12.2 Å². The number of H-pyrrole nitrogens is 1. The predicted molar refractivity (Wildman–Crippen MR) is 140 cm³/mol. The van der Waals surface area contributed by atoms with Crippen LogP contribution in [0.25, 0.3) is 22.5 Å². The number of rotatable bonds is 9. The number of hydrogen-bond acceptors (Lipinski definition) is 5. The Labute approximate surface area is 211 Å². The van der Waals surface area contributed by atoms with Crippen molar-refractivity contribution < 1.29 is 0 Å². The van der Waals surface area contributed by atoms with E-state index < -0.39 is 0 Å². The summed E-state index contributed by atoms with van der Waals surface area (Å²) < 4.78 is 4.01. The normalized spacial score (nSPS) is 19.7. The highest BCUT2D eigenvalue weighted by atomic mass is 16.1. The Hall–Kier alpha value is -3.55. The van der Waals surface area contributed by atoms with Crippen molar-refractivity contribution in [3.8, 4) is 22.5 Å². The van der Waals surface area contributed by atoms with Crippen LogP contribution < -0.4 is 5.69 Å². The van der Waals surface area contributed by atoms with E-state index in [2.05, 4.69) is 75.3 Å². The number of aryl methyl sites for hydroxylation is 1.